The number of halogens is 1. The lowest BCUT2D eigenvalue weighted by atomic mass is 9.95. The van der Waals surface area contributed by atoms with Gasteiger partial charge in [0.2, 0.25) is 0 Å². The van der Waals surface area contributed by atoms with Crippen LogP contribution in [0.25, 0.3) is 0 Å². The predicted octanol–water partition coefficient (Wildman–Crippen LogP) is 2.28. The van der Waals surface area contributed by atoms with Gasteiger partial charge in [0.15, 0.2) is 0 Å². The molecule has 4 heteroatoms. The van der Waals surface area contributed by atoms with E-state index in [-0.39, 0.29) is 5.41 Å². The van der Waals surface area contributed by atoms with Crippen LogP contribution in [-0.2, 0) is 16.6 Å². The third-order valence-corrected chi connectivity index (χ3v) is 2.43. The molecule has 0 saturated carbocycles. The minimum Gasteiger partial charge on any atom is -0.303 e. The van der Waals surface area contributed by atoms with E-state index in [9.17, 15) is 4.79 Å². The molecule has 0 aliphatic heterocycles. The first-order valence-electron chi connectivity index (χ1n) is 4.40. The molecule has 0 aromatic carbocycles. The van der Waals surface area contributed by atoms with E-state index in [0.29, 0.717) is 6.42 Å². The lowest BCUT2D eigenvalue weighted by Gasteiger charge is -2.17. The standard InChI is InChI=1S/C10H13BrN2O/c1-10(2,3)9-12-6-7(11)8(13-9)4-5-14/h5-6H,4H2,1-3H3. The van der Waals surface area contributed by atoms with Crippen LogP contribution in [0.15, 0.2) is 10.7 Å². The summed E-state index contributed by atoms with van der Waals surface area (Å²) in [5, 5.41) is 0. The highest BCUT2D eigenvalue weighted by molar-refractivity contribution is 9.10. The van der Waals surface area contributed by atoms with E-state index in [0.717, 1.165) is 22.3 Å². The average Bonchev–Trinajstić information content (AvgIpc) is 2.07. The number of nitrogens with zero attached hydrogens (tertiary/aromatic N) is 2. The van der Waals surface area contributed by atoms with E-state index in [1.54, 1.807) is 6.20 Å². The van der Waals surface area contributed by atoms with Gasteiger partial charge in [-0.15, -0.1) is 0 Å². The Morgan fingerprint density at radius 2 is 2.14 bits per heavy atom. The Bertz CT molecular complexity index is 344. The van der Waals surface area contributed by atoms with Crippen LogP contribution in [-0.4, -0.2) is 16.3 Å². The lowest BCUT2D eigenvalue weighted by Crippen LogP contribution is -2.17. The van der Waals surface area contributed by atoms with Gasteiger partial charge < -0.3 is 4.79 Å². The monoisotopic (exact) mass is 256 g/mol. The molecule has 0 unspecified atom stereocenters. The SMILES string of the molecule is CC(C)(C)c1ncc(Br)c(CC=O)n1. The first-order chi connectivity index (χ1) is 6.45. The number of aromatic nitrogens is 2. The maximum absolute atomic E-state index is 10.4. The second-order valence-electron chi connectivity index (χ2n) is 4.11. The van der Waals surface area contributed by atoms with Crippen molar-refractivity contribution in [2.75, 3.05) is 0 Å². The Balaban J connectivity index is 3.12. The predicted molar refractivity (Wildman–Crippen MR) is 58.2 cm³/mol. The van der Waals surface area contributed by atoms with E-state index in [1.807, 2.05) is 20.8 Å². The van der Waals surface area contributed by atoms with Crippen LogP contribution in [0.2, 0.25) is 0 Å². The van der Waals surface area contributed by atoms with Crippen molar-refractivity contribution in [2.45, 2.75) is 32.6 Å². The zero-order chi connectivity index (χ0) is 10.8. The second-order valence-corrected chi connectivity index (χ2v) is 4.96. The van der Waals surface area contributed by atoms with Crippen LogP contribution in [0.4, 0.5) is 0 Å². The normalized spacial score (nSPS) is 11.4. The van der Waals surface area contributed by atoms with Crippen molar-refractivity contribution in [3.8, 4) is 0 Å². The Morgan fingerprint density at radius 1 is 1.50 bits per heavy atom. The maximum atomic E-state index is 10.4. The van der Waals surface area contributed by atoms with Crippen molar-refractivity contribution >= 4 is 22.2 Å². The van der Waals surface area contributed by atoms with Crippen molar-refractivity contribution < 1.29 is 4.79 Å². The quantitative estimate of drug-likeness (QED) is 0.763. The fourth-order valence-corrected chi connectivity index (χ4v) is 1.34. The average molecular weight is 257 g/mol. The van der Waals surface area contributed by atoms with Crippen molar-refractivity contribution in [3.05, 3.63) is 22.2 Å². The molecule has 0 fully saturated rings. The Labute approximate surface area is 92.1 Å². The molecule has 0 aliphatic carbocycles. The van der Waals surface area contributed by atoms with Gasteiger partial charge in [-0.25, -0.2) is 9.97 Å². The molecular weight excluding hydrogens is 244 g/mol. The molecule has 76 valence electrons. The molecule has 3 nitrogen and oxygen atoms in total. The Kier molecular flexibility index (Phi) is 3.37. The van der Waals surface area contributed by atoms with Crippen LogP contribution in [0, 0.1) is 0 Å². The lowest BCUT2D eigenvalue weighted by molar-refractivity contribution is -0.107. The number of hydrogen-bond acceptors (Lipinski definition) is 3. The summed E-state index contributed by atoms with van der Waals surface area (Å²) in [4.78, 5) is 19.0. The highest BCUT2D eigenvalue weighted by atomic mass is 79.9. The molecule has 0 atom stereocenters. The molecular formula is C10H13BrN2O. The fraction of sp³-hybridized carbons (Fsp3) is 0.500. The molecule has 0 aliphatic rings. The van der Waals surface area contributed by atoms with Gasteiger partial charge in [0.25, 0.3) is 0 Å². The van der Waals surface area contributed by atoms with Crippen LogP contribution in [0.5, 0.6) is 0 Å². The van der Waals surface area contributed by atoms with Crippen LogP contribution in [0.1, 0.15) is 32.3 Å². The summed E-state index contributed by atoms with van der Waals surface area (Å²) in [7, 11) is 0. The third kappa shape index (κ3) is 2.61. The minimum absolute atomic E-state index is 0.0850. The van der Waals surface area contributed by atoms with Gasteiger partial charge >= 0.3 is 0 Å². The first kappa shape index (κ1) is 11.3. The third-order valence-electron chi connectivity index (χ3n) is 1.76. The topological polar surface area (TPSA) is 42.9 Å². The van der Waals surface area contributed by atoms with Gasteiger partial charge in [0, 0.05) is 18.0 Å². The number of hydrogen-bond donors (Lipinski definition) is 0. The summed E-state index contributed by atoms with van der Waals surface area (Å²) in [6, 6.07) is 0. The molecule has 1 heterocycles. The van der Waals surface area contributed by atoms with Gasteiger partial charge in [-0.05, 0) is 15.9 Å². The smallest absolute Gasteiger partial charge is 0.133 e. The molecule has 0 N–H and O–H groups in total. The summed E-state index contributed by atoms with van der Waals surface area (Å²) in [5.41, 5.74) is 0.665. The van der Waals surface area contributed by atoms with Crippen molar-refractivity contribution in [3.63, 3.8) is 0 Å². The van der Waals surface area contributed by atoms with Crippen molar-refractivity contribution in [1.82, 2.24) is 9.97 Å². The molecule has 0 saturated heterocycles. The number of aldehydes is 1. The van der Waals surface area contributed by atoms with E-state index in [4.69, 9.17) is 0 Å². The van der Waals surface area contributed by atoms with Gasteiger partial charge in [0.1, 0.15) is 12.1 Å². The van der Waals surface area contributed by atoms with Gasteiger partial charge in [0.05, 0.1) is 10.2 Å². The molecule has 0 spiro atoms. The summed E-state index contributed by atoms with van der Waals surface area (Å²) in [6.45, 7) is 6.13. The van der Waals surface area contributed by atoms with Crippen molar-refractivity contribution in [1.29, 1.82) is 0 Å². The summed E-state index contributed by atoms with van der Waals surface area (Å²) in [5.74, 6) is 0.762. The molecule has 1 aromatic heterocycles. The second kappa shape index (κ2) is 4.17. The van der Waals surface area contributed by atoms with Gasteiger partial charge in [-0.1, -0.05) is 20.8 Å². The Morgan fingerprint density at radius 3 is 2.64 bits per heavy atom. The van der Waals surface area contributed by atoms with Gasteiger partial charge in [-0.2, -0.15) is 0 Å². The first-order valence-corrected chi connectivity index (χ1v) is 5.20. The molecule has 0 bridgehead atoms. The number of rotatable bonds is 2. The van der Waals surface area contributed by atoms with E-state index < -0.39 is 0 Å². The molecule has 1 aromatic rings. The van der Waals surface area contributed by atoms with Crippen LogP contribution >= 0.6 is 15.9 Å². The van der Waals surface area contributed by atoms with Crippen LogP contribution in [0.3, 0.4) is 0 Å². The fourth-order valence-electron chi connectivity index (χ4n) is 0.986. The van der Waals surface area contributed by atoms with Crippen LogP contribution < -0.4 is 0 Å². The van der Waals surface area contributed by atoms with E-state index in [1.165, 1.54) is 0 Å². The summed E-state index contributed by atoms with van der Waals surface area (Å²) >= 11 is 3.31. The highest BCUT2D eigenvalue weighted by Crippen LogP contribution is 2.21. The molecule has 0 amide bonds. The zero-order valence-corrected chi connectivity index (χ0v) is 10.1. The maximum Gasteiger partial charge on any atom is 0.133 e. The summed E-state index contributed by atoms with van der Waals surface area (Å²) in [6.07, 6.45) is 2.87. The van der Waals surface area contributed by atoms with Gasteiger partial charge in [-0.3, -0.25) is 0 Å². The summed E-state index contributed by atoms with van der Waals surface area (Å²) < 4.78 is 0.789. The Hall–Kier alpha value is -0.770. The molecule has 0 radical (unpaired) electrons. The highest BCUT2D eigenvalue weighted by Gasteiger charge is 2.18. The largest absolute Gasteiger partial charge is 0.303 e. The van der Waals surface area contributed by atoms with Crippen molar-refractivity contribution in [2.24, 2.45) is 0 Å². The van der Waals surface area contributed by atoms with E-state index in [2.05, 4.69) is 25.9 Å². The molecule has 1 rings (SSSR count). The minimum atomic E-state index is -0.0850. The molecule has 14 heavy (non-hydrogen) atoms. The number of carbonyl (C=O) groups is 1. The van der Waals surface area contributed by atoms with E-state index >= 15 is 0 Å². The zero-order valence-electron chi connectivity index (χ0n) is 8.54. The number of carbonyl (C=O) groups excluding carboxylic acids is 1.